The van der Waals surface area contributed by atoms with E-state index in [2.05, 4.69) is 41.5 Å². The molecule has 0 fully saturated rings. The smallest absolute Gasteiger partial charge is 0.462 e. The van der Waals surface area contributed by atoms with E-state index in [1.165, 1.54) is 186 Å². The minimum Gasteiger partial charge on any atom is -0.462 e. The Balaban J connectivity index is 5.26. The first kappa shape index (κ1) is 89.1. The Morgan fingerprint density at radius 1 is 0.319 bits per heavy atom. The number of ether oxygens (including phenoxy) is 4. The first-order chi connectivity index (χ1) is 43.9. The fourth-order valence-corrected chi connectivity index (χ4v) is 12.5. The molecule has 0 saturated heterocycles. The van der Waals surface area contributed by atoms with E-state index < -0.39 is 97.5 Å². The predicted molar refractivity (Wildman–Crippen MR) is 368 cm³/mol. The summed E-state index contributed by atoms with van der Waals surface area (Å²) in [5.41, 5.74) is 0. The molecule has 540 valence electrons. The standard InChI is InChI=1S/C72H140O17P2/c1-7-10-12-14-16-18-20-21-26-30-37-43-49-55-70(75)83-60-67(88-71(76)56-50-44-38-31-27-23-22-25-28-34-40-46-52-64(4)5)62-86-90(78,79)84-58-66(73)59-85-91(80,81)87-63-68(61-82-69(74)54-48-42-36-29-24-19-17-15-13-11-8-2)89-72(77)57-51-45-39-33-32-35-41-47-53-65(6)9-3/h64-68,73H,7-63H2,1-6H3,(H,78,79)(H,80,81)/t65?,66-,67-,68-/m1/s1. The van der Waals surface area contributed by atoms with Crippen molar-refractivity contribution in [2.24, 2.45) is 11.8 Å². The molecule has 0 rings (SSSR count). The summed E-state index contributed by atoms with van der Waals surface area (Å²) in [6.45, 7) is 9.57. The van der Waals surface area contributed by atoms with Crippen LogP contribution in [0.3, 0.4) is 0 Å². The molecular weight excluding hydrogens is 1200 g/mol. The molecular formula is C72H140O17P2. The SMILES string of the molecule is CCCCCCCCCCCCCCCC(=O)OC[C@H](COP(=O)(O)OC[C@@H](O)COP(=O)(O)OC[C@@H](COC(=O)CCCCCCCCCCCCC)OC(=O)CCCCCCCCCCC(C)CC)OC(=O)CCCCCCCCCCCCCCC(C)C. The number of phosphoric acid groups is 2. The Kier molecular flexibility index (Phi) is 62.7. The second kappa shape index (κ2) is 64.1. The lowest BCUT2D eigenvalue weighted by atomic mass is 9.99. The molecule has 3 unspecified atom stereocenters. The van der Waals surface area contributed by atoms with Crippen LogP contribution in [0, 0.1) is 11.8 Å². The van der Waals surface area contributed by atoms with Crippen molar-refractivity contribution in [3.05, 3.63) is 0 Å². The van der Waals surface area contributed by atoms with Crippen molar-refractivity contribution in [1.82, 2.24) is 0 Å². The second-order valence-electron chi connectivity index (χ2n) is 26.7. The van der Waals surface area contributed by atoms with Gasteiger partial charge in [0.05, 0.1) is 26.4 Å². The van der Waals surface area contributed by atoms with Crippen LogP contribution in [-0.2, 0) is 65.4 Å². The second-order valence-corrected chi connectivity index (χ2v) is 29.6. The molecule has 0 aromatic rings. The molecule has 0 aromatic heterocycles. The summed E-state index contributed by atoms with van der Waals surface area (Å²) in [4.78, 5) is 72.6. The number of aliphatic hydroxyl groups is 1. The molecule has 3 N–H and O–H groups in total. The number of rotatable bonds is 71. The van der Waals surface area contributed by atoms with Crippen LogP contribution < -0.4 is 0 Å². The summed E-state index contributed by atoms with van der Waals surface area (Å²) in [6.07, 6.45) is 49.7. The zero-order chi connectivity index (χ0) is 67.2. The van der Waals surface area contributed by atoms with Crippen molar-refractivity contribution < 1.29 is 80.2 Å². The third-order valence-electron chi connectivity index (χ3n) is 17.1. The maximum absolute atomic E-state index is 13.0. The molecule has 17 nitrogen and oxygen atoms in total. The fourth-order valence-electron chi connectivity index (χ4n) is 10.9. The molecule has 0 aromatic carbocycles. The summed E-state index contributed by atoms with van der Waals surface area (Å²) in [7, 11) is -9.90. The lowest BCUT2D eigenvalue weighted by Crippen LogP contribution is -2.30. The van der Waals surface area contributed by atoms with Gasteiger partial charge in [-0.2, -0.15) is 0 Å². The topological polar surface area (TPSA) is 237 Å². The van der Waals surface area contributed by atoms with Crippen LogP contribution in [0.2, 0.25) is 0 Å². The predicted octanol–water partition coefficient (Wildman–Crippen LogP) is 20.8. The van der Waals surface area contributed by atoms with Crippen LogP contribution in [0.5, 0.6) is 0 Å². The molecule has 0 saturated carbocycles. The van der Waals surface area contributed by atoms with Gasteiger partial charge in [-0.15, -0.1) is 0 Å². The summed E-state index contributed by atoms with van der Waals surface area (Å²) >= 11 is 0. The van der Waals surface area contributed by atoms with E-state index in [1.54, 1.807) is 0 Å². The molecule has 0 heterocycles. The third kappa shape index (κ3) is 65.1. The fraction of sp³-hybridized carbons (Fsp3) is 0.944. The number of phosphoric ester groups is 2. The Hall–Kier alpha value is -1.94. The largest absolute Gasteiger partial charge is 0.472 e. The van der Waals surface area contributed by atoms with Crippen molar-refractivity contribution >= 4 is 39.5 Å². The zero-order valence-electron chi connectivity index (χ0n) is 59.1. The van der Waals surface area contributed by atoms with Gasteiger partial charge in [-0.25, -0.2) is 9.13 Å². The van der Waals surface area contributed by atoms with Crippen molar-refractivity contribution in [3.8, 4) is 0 Å². The van der Waals surface area contributed by atoms with Crippen LogP contribution in [0.4, 0.5) is 0 Å². The first-order valence-electron chi connectivity index (χ1n) is 37.5. The molecule has 0 amide bonds. The Labute approximate surface area is 556 Å². The number of unbranched alkanes of at least 4 members (excludes halogenated alkanes) is 40. The van der Waals surface area contributed by atoms with E-state index in [9.17, 15) is 43.2 Å². The number of esters is 4. The molecule has 0 radical (unpaired) electrons. The maximum atomic E-state index is 13.0. The van der Waals surface area contributed by atoms with Gasteiger partial charge in [-0.05, 0) is 37.5 Å². The highest BCUT2D eigenvalue weighted by molar-refractivity contribution is 7.47. The first-order valence-corrected chi connectivity index (χ1v) is 40.5. The summed E-state index contributed by atoms with van der Waals surface area (Å²) in [5, 5.41) is 10.6. The Bertz CT molecular complexity index is 1770. The van der Waals surface area contributed by atoms with Gasteiger partial charge in [0.1, 0.15) is 19.3 Å². The number of carbonyl (C=O) groups excluding carboxylic acids is 4. The quantitative estimate of drug-likeness (QED) is 0.0222. The number of hydrogen-bond acceptors (Lipinski definition) is 15. The van der Waals surface area contributed by atoms with Crippen LogP contribution in [0.1, 0.15) is 369 Å². The summed E-state index contributed by atoms with van der Waals surface area (Å²) in [6, 6.07) is 0. The Morgan fingerprint density at radius 2 is 0.560 bits per heavy atom. The monoisotopic (exact) mass is 1340 g/mol. The number of hydrogen-bond donors (Lipinski definition) is 3. The van der Waals surface area contributed by atoms with Gasteiger partial charge in [0, 0.05) is 25.7 Å². The van der Waals surface area contributed by atoms with Crippen molar-refractivity contribution in [2.75, 3.05) is 39.6 Å². The molecule has 0 aliphatic rings. The van der Waals surface area contributed by atoms with Crippen LogP contribution in [0.15, 0.2) is 0 Å². The molecule has 0 spiro atoms. The van der Waals surface area contributed by atoms with Crippen molar-refractivity contribution in [2.45, 2.75) is 387 Å². The lowest BCUT2D eigenvalue weighted by molar-refractivity contribution is -0.161. The van der Waals surface area contributed by atoms with Gasteiger partial charge in [-0.3, -0.25) is 37.3 Å². The minimum absolute atomic E-state index is 0.105. The molecule has 6 atom stereocenters. The molecule has 19 heteroatoms. The van der Waals surface area contributed by atoms with E-state index >= 15 is 0 Å². The summed E-state index contributed by atoms with van der Waals surface area (Å²) < 4.78 is 68.4. The highest BCUT2D eigenvalue weighted by Crippen LogP contribution is 2.45. The van der Waals surface area contributed by atoms with Crippen LogP contribution in [-0.4, -0.2) is 96.7 Å². The maximum Gasteiger partial charge on any atom is 0.472 e. The zero-order valence-corrected chi connectivity index (χ0v) is 60.9. The molecule has 0 bridgehead atoms. The molecule has 0 aliphatic heterocycles. The van der Waals surface area contributed by atoms with Gasteiger partial charge >= 0.3 is 39.5 Å². The minimum atomic E-state index is -4.95. The summed E-state index contributed by atoms with van der Waals surface area (Å²) in [5.74, 6) is -0.574. The van der Waals surface area contributed by atoms with E-state index in [-0.39, 0.29) is 25.7 Å². The average molecular weight is 1340 g/mol. The highest BCUT2D eigenvalue weighted by Gasteiger charge is 2.30. The van der Waals surface area contributed by atoms with Crippen LogP contribution in [0.25, 0.3) is 0 Å². The van der Waals surface area contributed by atoms with Gasteiger partial charge < -0.3 is 33.8 Å². The lowest BCUT2D eigenvalue weighted by Gasteiger charge is -2.21. The van der Waals surface area contributed by atoms with Crippen LogP contribution >= 0.6 is 15.6 Å². The van der Waals surface area contributed by atoms with Crippen molar-refractivity contribution in [1.29, 1.82) is 0 Å². The Morgan fingerprint density at radius 3 is 0.835 bits per heavy atom. The van der Waals surface area contributed by atoms with Gasteiger partial charge in [0.25, 0.3) is 0 Å². The number of carbonyl (C=O) groups is 4. The van der Waals surface area contributed by atoms with E-state index in [0.717, 1.165) is 102 Å². The highest BCUT2D eigenvalue weighted by atomic mass is 31.2. The van der Waals surface area contributed by atoms with E-state index in [0.29, 0.717) is 25.7 Å². The van der Waals surface area contributed by atoms with E-state index in [4.69, 9.17) is 37.0 Å². The van der Waals surface area contributed by atoms with Gasteiger partial charge in [0.2, 0.25) is 0 Å². The average Bonchev–Trinajstić information content (AvgIpc) is 3.43. The van der Waals surface area contributed by atoms with Gasteiger partial charge in [-0.1, -0.05) is 318 Å². The molecule has 91 heavy (non-hydrogen) atoms. The van der Waals surface area contributed by atoms with Gasteiger partial charge in [0.15, 0.2) is 12.2 Å². The van der Waals surface area contributed by atoms with E-state index in [1.807, 2.05) is 0 Å². The third-order valence-corrected chi connectivity index (χ3v) is 19.0. The van der Waals surface area contributed by atoms with Crippen molar-refractivity contribution in [3.63, 3.8) is 0 Å². The normalized spacial score (nSPS) is 14.4. The molecule has 0 aliphatic carbocycles. The number of aliphatic hydroxyl groups excluding tert-OH is 1.